The molecular weight excluding hydrogens is 887 g/mol. The van der Waals surface area contributed by atoms with Gasteiger partial charge in [-0.2, -0.15) is 0 Å². The van der Waals surface area contributed by atoms with E-state index >= 15 is 0 Å². The van der Waals surface area contributed by atoms with Crippen molar-refractivity contribution in [1.29, 1.82) is 0 Å². The quantitative estimate of drug-likeness (QED) is 0.0797. The second kappa shape index (κ2) is 25.8. The molecule has 0 aliphatic carbocycles. The highest BCUT2D eigenvalue weighted by molar-refractivity contribution is 8.76. The summed E-state index contributed by atoms with van der Waals surface area (Å²) in [4.78, 5) is 135. The summed E-state index contributed by atoms with van der Waals surface area (Å²) in [6.07, 6.45) is -0.443. The van der Waals surface area contributed by atoms with E-state index in [4.69, 9.17) is 22.9 Å². The van der Waals surface area contributed by atoms with E-state index in [9.17, 15) is 53.1 Å². The Balaban J connectivity index is 2.06. The first kappa shape index (κ1) is 53.7. The van der Waals surface area contributed by atoms with Crippen molar-refractivity contribution in [2.45, 2.75) is 127 Å². The number of amides is 10. The number of phenolic OH excluding ortho intramolecular Hbond substituents is 1. The van der Waals surface area contributed by atoms with Crippen molar-refractivity contribution in [3.63, 3.8) is 0 Å². The first-order valence-electron chi connectivity index (χ1n) is 21.4. The zero-order chi connectivity index (χ0) is 48.5. The average molecular weight is 950 g/mol. The fourth-order valence-corrected chi connectivity index (χ4v) is 9.34. The molecule has 2 saturated heterocycles. The SMILES string of the molecule is CC[C@H](C)[C@@H]1NC(=O)[C@H](Cc2ccc(O)cc2)NC(=O)[C@@H](N)CSSC[C@@H](C(=O)N2CCC[C@H]2C(=O)N[C@@H](CC(C)C)C(N)=O)NC(=O)[C@H](CC(N)=O)NC(=O)[C@H](CCC(N)=O)NC1=O. The molecule has 2 aliphatic rings. The largest absolute Gasteiger partial charge is 0.508 e. The third kappa shape index (κ3) is 17.0. The Kier molecular flexibility index (Phi) is 21.3. The van der Waals surface area contributed by atoms with Crippen LogP contribution in [0.4, 0.5) is 0 Å². The normalized spacial score (nSPS) is 25.2. The van der Waals surface area contributed by atoms with Gasteiger partial charge in [-0.1, -0.05) is 67.8 Å². The van der Waals surface area contributed by atoms with Gasteiger partial charge in [0.2, 0.25) is 59.1 Å². The molecule has 10 amide bonds. The number of nitrogens with two attached hydrogens (primary N) is 4. The zero-order valence-corrected chi connectivity index (χ0v) is 38.6. The first-order valence-corrected chi connectivity index (χ1v) is 23.9. The van der Waals surface area contributed by atoms with Crippen molar-refractivity contribution in [3.8, 4) is 5.75 Å². The third-order valence-electron chi connectivity index (χ3n) is 10.9. The molecule has 22 nitrogen and oxygen atoms in total. The van der Waals surface area contributed by atoms with E-state index in [1.807, 2.05) is 13.8 Å². The maximum absolute atomic E-state index is 14.4. The van der Waals surface area contributed by atoms with Crippen LogP contribution in [-0.2, 0) is 54.4 Å². The summed E-state index contributed by atoms with van der Waals surface area (Å²) in [5.74, 6) is -9.31. The average Bonchev–Trinajstić information content (AvgIpc) is 3.74. The molecule has 0 radical (unpaired) electrons. The van der Waals surface area contributed by atoms with Gasteiger partial charge in [0, 0.05) is 30.9 Å². The molecule has 0 spiro atoms. The van der Waals surface area contributed by atoms with E-state index in [0.29, 0.717) is 18.4 Å². The van der Waals surface area contributed by atoms with Crippen LogP contribution in [0.3, 0.4) is 0 Å². The fraction of sp³-hybridized carbons (Fsp3) is 0.610. The van der Waals surface area contributed by atoms with Crippen LogP contribution in [0.15, 0.2) is 24.3 Å². The number of benzene rings is 1. The lowest BCUT2D eigenvalue weighted by Gasteiger charge is -2.31. The molecule has 0 saturated carbocycles. The number of hydrogen-bond donors (Lipinski definition) is 11. The van der Waals surface area contributed by atoms with Crippen molar-refractivity contribution in [3.05, 3.63) is 29.8 Å². The number of primary amides is 3. The van der Waals surface area contributed by atoms with Gasteiger partial charge >= 0.3 is 0 Å². The molecule has 2 heterocycles. The first-order chi connectivity index (χ1) is 30.6. The summed E-state index contributed by atoms with van der Waals surface area (Å²) in [6.45, 7) is 7.19. The Morgan fingerprint density at radius 1 is 0.800 bits per heavy atom. The molecule has 2 fully saturated rings. The van der Waals surface area contributed by atoms with Crippen LogP contribution < -0.4 is 54.8 Å². The molecule has 2 aliphatic heterocycles. The minimum Gasteiger partial charge on any atom is -0.508 e. The van der Waals surface area contributed by atoms with E-state index in [2.05, 4.69) is 31.9 Å². The Morgan fingerprint density at radius 2 is 1.40 bits per heavy atom. The maximum Gasteiger partial charge on any atom is 0.246 e. The third-order valence-corrected chi connectivity index (χ3v) is 13.3. The van der Waals surface area contributed by atoms with Crippen LogP contribution >= 0.6 is 21.6 Å². The summed E-state index contributed by atoms with van der Waals surface area (Å²) >= 11 is 0. The number of phenols is 1. The summed E-state index contributed by atoms with van der Waals surface area (Å²) < 4.78 is 0. The van der Waals surface area contributed by atoms with Crippen LogP contribution in [0.25, 0.3) is 0 Å². The number of carbonyl (C=O) groups excluding carboxylic acids is 10. The number of likely N-dealkylation sites (tertiary alicyclic amines) is 1. The van der Waals surface area contributed by atoms with E-state index in [1.54, 1.807) is 26.0 Å². The van der Waals surface area contributed by atoms with Gasteiger partial charge in [-0.25, -0.2) is 0 Å². The lowest BCUT2D eigenvalue weighted by atomic mass is 9.96. The minimum absolute atomic E-state index is 0.00384. The van der Waals surface area contributed by atoms with E-state index < -0.39 is 126 Å². The van der Waals surface area contributed by atoms with E-state index in [-0.39, 0.29) is 55.4 Å². The van der Waals surface area contributed by atoms with Crippen molar-refractivity contribution < 1.29 is 53.1 Å². The van der Waals surface area contributed by atoms with Gasteiger partial charge in [0.25, 0.3) is 0 Å². The minimum atomic E-state index is -1.72. The highest BCUT2D eigenvalue weighted by Gasteiger charge is 2.40. The Morgan fingerprint density at radius 3 is 2.00 bits per heavy atom. The topological polar surface area (TPSA) is 370 Å². The fourth-order valence-electron chi connectivity index (χ4n) is 7.06. The molecule has 65 heavy (non-hydrogen) atoms. The predicted molar refractivity (Wildman–Crippen MR) is 241 cm³/mol. The number of rotatable bonds is 15. The molecule has 0 unspecified atom stereocenters. The highest BCUT2D eigenvalue weighted by atomic mass is 33.1. The lowest BCUT2D eigenvalue weighted by Crippen LogP contribution is -2.61. The molecule has 24 heteroatoms. The Hall–Kier alpha value is -5.62. The molecule has 3 rings (SSSR count). The second-order valence-corrected chi connectivity index (χ2v) is 19.2. The Labute approximate surface area is 385 Å². The van der Waals surface area contributed by atoms with E-state index in [1.165, 1.54) is 17.0 Å². The molecular formula is C41H63N11O11S2. The highest BCUT2D eigenvalue weighted by Crippen LogP contribution is 2.26. The van der Waals surface area contributed by atoms with Gasteiger partial charge in [0.1, 0.15) is 48.0 Å². The van der Waals surface area contributed by atoms with Crippen molar-refractivity contribution >= 4 is 80.7 Å². The van der Waals surface area contributed by atoms with Gasteiger partial charge in [-0.15, -0.1) is 0 Å². The lowest BCUT2D eigenvalue weighted by molar-refractivity contribution is -0.142. The number of hydrogen-bond acceptors (Lipinski definition) is 14. The standard InChI is InChI=1S/C41H63N11O11S2/c1-5-21(4)33-40(62)46-25(12-13-31(43)54)36(58)49-28(17-32(44)55)37(59)50-29(41(63)52-14-6-7-30(52)39(61)47-26(34(45)56)15-20(2)3)19-65-64-18-24(42)35(57)48-27(38(60)51-33)16-22-8-10-23(53)11-9-22/h8-11,20-21,24-30,33,53H,5-7,12-19,42H2,1-4H3,(H2,43,54)(H2,44,55)(H2,45,56)(H,46,62)(H,47,61)(H,48,57)(H,49,58)(H,50,59)(H,51,60)/t21-,24-,25-,26-,27-,28-,29-,30-,33-/m0/s1. The molecule has 1 aromatic rings. The van der Waals surface area contributed by atoms with Crippen LogP contribution in [0.5, 0.6) is 5.75 Å². The van der Waals surface area contributed by atoms with Gasteiger partial charge in [0.15, 0.2) is 0 Å². The van der Waals surface area contributed by atoms with E-state index in [0.717, 1.165) is 21.6 Å². The van der Waals surface area contributed by atoms with Crippen LogP contribution in [-0.4, -0.2) is 135 Å². The molecule has 9 atom stereocenters. The smallest absolute Gasteiger partial charge is 0.246 e. The van der Waals surface area contributed by atoms with Gasteiger partial charge in [-0.3, -0.25) is 47.9 Å². The van der Waals surface area contributed by atoms with Crippen LogP contribution in [0.1, 0.15) is 78.2 Å². The van der Waals surface area contributed by atoms with Gasteiger partial charge in [0.05, 0.1) is 12.5 Å². The summed E-state index contributed by atoms with van der Waals surface area (Å²) in [7, 11) is 2.09. The van der Waals surface area contributed by atoms with Crippen LogP contribution in [0, 0.1) is 11.8 Å². The van der Waals surface area contributed by atoms with Crippen molar-refractivity contribution in [2.75, 3.05) is 18.1 Å². The molecule has 1 aromatic carbocycles. The number of nitrogens with zero attached hydrogens (tertiary/aromatic N) is 1. The molecule has 0 aromatic heterocycles. The van der Waals surface area contributed by atoms with Gasteiger partial charge < -0.3 is 64.8 Å². The number of aromatic hydroxyl groups is 1. The number of carbonyl (C=O) groups is 10. The zero-order valence-electron chi connectivity index (χ0n) is 37.0. The van der Waals surface area contributed by atoms with Crippen molar-refractivity contribution in [2.24, 2.45) is 34.8 Å². The predicted octanol–water partition coefficient (Wildman–Crippen LogP) is -2.72. The summed E-state index contributed by atoms with van der Waals surface area (Å²) in [5.41, 5.74) is 23.3. The monoisotopic (exact) mass is 949 g/mol. The molecule has 360 valence electrons. The van der Waals surface area contributed by atoms with Crippen molar-refractivity contribution in [1.82, 2.24) is 36.8 Å². The van der Waals surface area contributed by atoms with Gasteiger partial charge in [-0.05, 0) is 55.2 Å². The van der Waals surface area contributed by atoms with Crippen LogP contribution in [0.2, 0.25) is 0 Å². The Bertz CT molecular complexity index is 1910. The maximum atomic E-state index is 14.4. The molecule has 15 N–H and O–H groups in total. The summed E-state index contributed by atoms with van der Waals surface area (Å²) in [5, 5.41) is 25.3. The second-order valence-electron chi connectivity index (χ2n) is 16.6. The number of nitrogens with one attached hydrogen (secondary N) is 6. The summed E-state index contributed by atoms with van der Waals surface area (Å²) in [6, 6.07) is -4.71. The molecule has 0 bridgehead atoms.